The predicted molar refractivity (Wildman–Crippen MR) is 137 cm³/mol. The van der Waals surface area contributed by atoms with Gasteiger partial charge >= 0.3 is 0 Å². The topological polar surface area (TPSA) is 88.9 Å². The van der Waals surface area contributed by atoms with Crippen LogP contribution in [0.5, 0.6) is 0 Å². The summed E-state index contributed by atoms with van der Waals surface area (Å²) in [4.78, 5) is 25.5. The largest absolute Gasteiger partial charge is 0.353 e. The molecule has 0 aliphatic heterocycles. The zero-order valence-electron chi connectivity index (χ0n) is 19.9. The van der Waals surface area contributed by atoms with Crippen LogP contribution in [0.4, 0.5) is 0 Å². The van der Waals surface area contributed by atoms with E-state index in [1.54, 1.807) is 30.3 Å². The number of halogens is 1. The summed E-state index contributed by atoms with van der Waals surface area (Å²) in [6.45, 7) is 8.52. The van der Waals surface area contributed by atoms with Crippen molar-refractivity contribution in [2.45, 2.75) is 76.2 Å². The average Bonchev–Trinajstić information content (AvgIpc) is 3.20. The summed E-state index contributed by atoms with van der Waals surface area (Å²) in [7, 11) is 0. The number of nitrogens with zero attached hydrogens (tertiary/aromatic N) is 3. The molecule has 9 heteroatoms. The number of rotatable bonds is 11. The van der Waals surface area contributed by atoms with Gasteiger partial charge < -0.3 is 15.2 Å². The van der Waals surface area contributed by atoms with Crippen molar-refractivity contribution in [3.8, 4) is 0 Å². The van der Waals surface area contributed by atoms with Crippen LogP contribution in [-0.4, -0.2) is 38.4 Å². The summed E-state index contributed by atoms with van der Waals surface area (Å²) in [5.74, 6) is 0.974. The summed E-state index contributed by atoms with van der Waals surface area (Å²) in [6, 6.07) is 6.89. The third kappa shape index (κ3) is 7.34. The number of thioether (sulfide) groups is 1. The van der Waals surface area contributed by atoms with Crippen LogP contribution in [0, 0.1) is 5.92 Å². The lowest BCUT2D eigenvalue weighted by molar-refractivity contribution is -0.119. The zero-order valence-corrected chi connectivity index (χ0v) is 21.5. The Labute approximate surface area is 211 Å². The van der Waals surface area contributed by atoms with Crippen LogP contribution in [0.15, 0.2) is 42.1 Å². The van der Waals surface area contributed by atoms with Gasteiger partial charge in [-0.2, -0.15) is 0 Å². The molecule has 7 nitrogen and oxygen atoms in total. The number of hydrogen-bond acceptors (Lipinski definition) is 5. The zero-order chi connectivity index (χ0) is 24.5. The van der Waals surface area contributed by atoms with E-state index in [2.05, 4.69) is 41.3 Å². The van der Waals surface area contributed by atoms with Gasteiger partial charge in [-0.3, -0.25) is 9.59 Å². The van der Waals surface area contributed by atoms with Crippen molar-refractivity contribution in [1.82, 2.24) is 25.4 Å². The van der Waals surface area contributed by atoms with Gasteiger partial charge in [0.2, 0.25) is 5.91 Å². The predicted octanol–water partition coefficient (Wildman–Crippen LogP) is 5.18. The number of carbonyl (C=O) groups excluding carboxylic acids is 2. The Morgan fingerprint density at radius 3 is 2.65 bits per heavy atom. The van der Waals surface area contributed by atoms with Crippen molar-refractivity contribution in [1.29, 1.82) is 0 Å². The number of carbonyl (C=O) groups is 2. The fourth-order valence-electron chi connectivity index (χ4n) is 4.19. The normalized spacial score (nSPS) is 15.2. The molecule has 1 atom stereocenters. The third-order valence-corrected chi connectivity index (χ3v) is 7.10. The second-order valence-electron chi connectivity index (χ2n) is 9.07. The van der Waals surface area contributed by atoms with Crippen LogP contribution in [0.2, 0.25) is 5.02 Å². The second-order valence-corrected chi connectivity index (χ2v) is 10.4. The van der Waals surface area contributed by atoms with Gasteiger partial charge in [0.05, 0.1) is 22.4 Å². The average molecular weight is 504 g/mol. The fourth-order valence-corrected chi connectivity index (χ4v) is 5.18. The Morgan fingerprint density at radius 1 is 1.24 bits per heavy atom. The Kier molecular flexibility index (Phi) is 10.0. The number of nitrogens with one attached hydrogen (secondary N) is 2. The van der Waals surface area contributed by atoms with Crippen molar-refractivity contribution < 1.29 is 9.59 Å². The highest BCUT2D eigenvalue weighted by atomic mass is 35.5. The van der Waals surface area contributed by atoms with E-state index in [9.17, 15) is 9.59 Å². The summed E-state index contributed by atoms with van der Waals surface area (Å²) >= 11 is 7.59. The van der Waals surface area contributed by atoms with Gasteiger partial charge in [-0.25, -0.2) is 0 Å². The SMILES string of the molecule is C=CCn1c(SCC(=O)NC2CCCCC2)nnc1[C@H](CC(C)C)NC(=O)c1ccccc1Cl. The van der Waals surface area contributed by atoms with E-state index in [4.69, 9.17) is 11.6 Å². The molecule has 0 bridgehead atoms. The number of aromatic nitrogens is 3. The monoisotopic (exact) mass is 503 g/mol. The molecule has 2 aromatic rings. The van der Waals surface area contributed by atoms with E-state index < -0.39 is 0 Å². The second kappa shape index (κ2) is 13.0. The standard InChI is InChI=1S/C25H34ClN5O2S/c1-4-14-31-23(21(15-17(2)3)28-24(33)19-12-8-9-13-20(19)26)29-30-25(31)34-16-22(32)27-18-10-6-5-7-11-18/h4,8-9,12-13,17-18,21H,1,5-7,10-11,14-16H2,2-3H3,(H,27,32)(H,28,33)/t21-/m0/s1. The molecule has 1 aromatic heterocycles. The van der Waals surface area contributed by atoms with E-state index in [1.807, 2.05) is 4.57 Å². The van der Waals surface area contributed by atoms with E-state index >= 15 is 0 Å². The smallest absolute Gasteiger partial charge is 0.253 e. The lowest BCUT2D eigenvalue weighted by Gasteiger charge is -2.22. The molecule has 1 heterocycles. The third-order valence-electron chi connectivity index (χ3n) is 5.80. The maximum atomic E-state index is 13.0. The molecule has 3 rings (SSSR count). The molecule has 1 aliphatic rings. The molecule has 1 aliphatic carbocycles. The first-order valence-electron chi connectivity index (χ1n) is 11.9. The molecule has 0 radical (unpaired) electrons. The molecule has 2 N–H and O–H groups in total. The molecule has 1 fully saturated rings. The quantitative estimate of drug-likeness (QED) is 0.326. The van der Waals surface area contributed by atoms with Crippen LogP contribution in [0.1, 0.15) is 74.6 Å². The van der Waals surface area contributed by atoms with Crippen LogP contribution < -0.4 is 10.6 Å². The molecule has 2 amide bonds. The summed E-state index contributed by atoms with van der Waals surface area (Å²) in [5.41, 5.74) is 0.418. The molecule has 184 valence electrons. The highest BCUT2D eigenvalue weighted by Gasteiger charge is 2.25. The Hall–Kier alpha value is -2.32. The highest BCUT2D eigenvalue weighted by Crippen LogP contribution is 2.26. The van der Waals surface area contributed by atoms with E-state index in [1.165, 1.54) is 31.0 Å². The summed E-state index contributed by atoms with van der Waals surface area (Å²) < 4.78 is 1.92. The molecule has 34 heavy (non-hydrogen) atoms. The molecule has 0 spiro atoms. The van der Waals surface area contributed by atoms with E-state index in [-0.39, 0.29) is 29.7 Å². The van der Waals surface area contributed by atoms with Crippen molar-refractivity contribution in [2.75, 3.05) is 5.75 Å². The first-order valence-corrected chi connectivity index (χ1v) is 13.3. The van der Waals surface area contributed by atoms with Gasteiger partial charge in [-0.15, -0.1) is 16.8 Å². The van der Waals surface area contributed by atoms with E-state index in [0.717, 1.165) is 12.8 Å². The molecule has 1 aromatic carbocycles. The molecule has 0 saturated heterocycles. The first-order chi connectivity index (χ1) is 16.4. The van der Waals surface area contributed by atoms with Crippen molar-refractivity contribution in [3.05, 3.63) is 53.3 Å². The fraction of sp³-hybridized carbons (Fsp3) is 0.520. The van der Waals surface area contributed by atoms with Crippen LogP contribution in [0.25, 0.3) is 0 Å². The number of benzene rings is 1. The van der Waals surface area contributed by atoms with Crippen molar-refractivity contribution in [2.24, 2.45) is 5.92 Å². The summed E-state index contributed by atoms with van der Waals surface area (Å²) in [6.07, 6.45) is 8.14. The number of hydrogen-bond donors (Lipinski definition) is 2. The Balaban J connectivity index is 1.74. The lowest BCUT2D eigenvalue weighted by Crippen LogP contribution is -2.37. The van der Waals surface area contributed by atoms with Gasteiger partial charge in [0, 0.05) is 12.6 Å². The van der Waals surface area contributed by atoms with Crippen molar-refractivity contribution >= 4 is 35.2 Å². The number of allylic oxidation sites excluding steroid dienone is 1. The first kappa shape index (κ1) is 26.3. The minimum atomic E-state index is -0.360. The molecule has 1 saturated carbocycles. The summed E-state index contributed by atoms with van der Waals surface area (Å²) in [5, 5.41) is 16.0. The van der Waals surface area contributed by atoms with Gasteiger partial charge in [0.15, 0.2) is 11.0 Å². The minimum absolute atomic E-state index is 0.0114. The minimum Gasteiger partial charge on any atom is -0.353 e. The van der Waals surface area contributed by atoms with Gasteiger partial charge in [0.25, 0.3) is 5.91 Å². The maximum absolute atomic E-state index is 13.0. The Bertz CT molecular complexity index is 987. The molecular weight excluding hydrogens is 470 g/mol. The van der Waals surface area contributed by atoms with Crippen LogP contribution in [0.3, 0.4) is 0 Å². The number of amides is 2. The van der Waals surface area contributed by atoms with Crippen LogP contribution in [-0.2, 0) is 11.3 Å². The van der Waals surface area contributed by atoms with E-state index in [0.29, 0.717) is 40.5 Å². The van der Waals surface area contributed by atoms with Crippen LogP contribution >= 0.6 is 23.4 Å². The van der Waals surface area contributed by atoms with Gasteiger partial charge in [-0.1, -0.05) is 74.7 Å². The molecular formula is C25H34ClN5O2S. The molecule has 0 unspecified atom stereocenters. The Morgan fingerprint density at radius 2 is 1.97 bits per heavy atom. The maximum Gasteiger partial charge on any atom is 0.253 e. The van der Waals surface area contributed by atoms with Crippen molar-refractivity contribution in [3.63, 3.8) is 0 Å². The lowest BCUT2D eigenvalue weighted by atomic mass is 9.95. The highest BCUT2D eigenvalue weighted by molar-refractivity contribution is 7.99. The van der Waals surface area contributed by atoms with Gasteiger partial charge in [-0.05, 0) is 37.3 Å². The van der Waals surface area contributed by atoms with Gasteiger partial charge in [0.1, 0.15) is 0 Å².